The van der Waals surface area contributed by atoms with E-state index in [0.717, 1.165) is 11.1 Å². The van der Waals surface area contributed by atoms with Gasteiger partial charge in [0, 0.05) is 0 Å². The third-order valence-electron chi connectivity index (χ3n) is 2.54. The van der Waals surface area contributed by atoms with E-state index < -0.39 is 6.67 Å². The van der Waals surface area contributed by atoms with E-state index in [9.17, 15) is 4.39 Å². The van der Waals surface area contributed by atoms with Gasteiger partial charge in [-0.25, -0.2) is 4.39 Å². The second kappa shape index (κ2) is 7.17. The number of alkyl halides is 1. The molecule has 2 aromatic rings. The average Bonchev–Trinajstić information content (AvgIpc) is 2.48. The summed E-state index contributed by atoms with van der Waals surface area (Å²) in [5.41, 5.74) is 1.93. The highest BCUT2D eigenvalue weighted by Crippen LogP contribution is 2.10. The van der Waals surface area contributed by atoms with Crippen LogP contribution in [0.25, 0.3) is 12.2 Å². The summed E-state index contributed by atoms with van der Waals surface area (Å²) in [4.78, 5) is 0. The molecule has 0 atom stereocenters. The molecule has 2 heteroatoms. The van der Waals surface area contributed by atoms with Crippen LogP contribution in [0.2, 0.25) is 0 Å². The van der Waals surface area contributed by atoms with Gasteiger partial charge < -0.3 is 4.74 Å². The zero-order valence-corrected chi connectivity index (χ0v) is 10.5. The molecule has 96 valence electrons. The van der Waals surface area contributed by atoms with Gasteiger partial charge >= 0.3 is 0 Å². The molecule has 0 aliphatic heterocycles. The fraction of sp³-hybridized carbons (Fsp3) is 0.0588. The largest absolute Gasteiger partial charge is 0.467 e. The maximum absolute atomic E-state index is 12.8. The molecular weight excluding hydrogens is 239 g/mol. The third-order valence-corrected chi connectivity index (χ3v) is 2.54. The molecule has 0 unspecified atom stereocenters. The SMILES string of the molecule is FC/C(=C/c1ccccc1)O/C=C/c1ccccc1. The molecule has 2 aromatic carbocycles. The van der Waals surface area contributed by atoms with Gasteiger partial charge in [-0.05, 0) is 23.3 Å². The van der Waals surface area contributed by atoms with Crippen molar-refractivity contribution in [1.82, 2.24) is 0 Å². The topological polar surface area (TPSA) is 9.23 Å². The highest BCUT2D eigenvalue weighted by Gasteiger charge is 1.96. The highest BCUT2D eigenvalue weighted by atomic mass is 19.1. The van der Waals surface area contributed by atoms with Gasteiger partial charge in [-0.3, -0.25) is 0 Å². The number of allylic oxidation sites excluding steroid dienone is 1. The van der Waals surface area contributed by atoms with Gasteiger partial charge in [0.25, 0.3) is 0 Å². The molecule has 0 amide bonds. The van der Waals surface area contributed by atoms with E-state index in [1.54, 1.807) is 12.2 Å². The molecule has 0 bridgehead atoms. The summed E-state index contributed by atoms with van der Waals surface area (Å²) in [5, 5.41) is 0. The van der Waals surface area contributed by atoms with Crippen molar-refractivity contribution in [3.63, 3.8) is 0 Å². The summed E-state index contributed by atoms with van der Waals surface area (Å²) in [5.74, 6) is 0.290. The van der Waals surface area contributed by atoms with E-state index >= 15 is 0 Å². The van der Waals surface area contributed by atoms with E-state index in [1.807, 2.05) is 60.7 Å². The van der Waals surface area contributed by atoms with Crippen LogP contribution < -0.4 is 0 Å². The van der Waals surface area contributed by atoms with Crippen molar-refractivity contribution in [1.29, 1.82) is 0 Å². The molecule has 19 heavy (non-hydrogen) atoms. The van der Waals surface area contributed by atoms with Crippen molar-refractivity contribution in [3.05, 3.63) is 83.8 Å². The average molecular weight is 254 g/mol. The van der Waals surface area contributed by atoms with E-state index in [4.69, 9.17) is 4.74 Å². The number of hydrogen-bond donors (Lipinski definition) is 0. The molecule has 2 rings (SSSR count). The number of rotatable bonds is 5. The van der Waals surface area contributed by atoms with Crippen LogP contribution in [0.1, 0.15) is 11.1 Å². The van der Waals surface area contributed by atoms with E-state index in [-0.39, 0.29) is 0 Å². The van der Waals surface area contributed by atoms with Gasteiger partial charge in [-0.1, -0.05) is 60.7 Å². The molecule has 0 N–H and O–H groups in total. The number of ether oxygens (including phenoxy) is 1. The van der Waals surface area contributed by atoms with Crippen molar-refractivity contribution in [2.24, 2.45) is 0 Å². The molecule has 0 aromatic heterocycles. The Morgan fingerprint density at radius 3 is 2.05 bits per heavy atom. The smallest absolute Gasteiger partial charge is 0.147 e. The normalized spacial score (nSPS) is 11.7. The summed E-state index contributed by atoms with van der Waals surface area (Å²) >= 11 is 0. The number of hydrogen-bond acceptors (Lipinski definition) is 1. The maximum Gasteiger partial charge on any atom is 0.147 e. The van der Waals surface area contributed by atoms with Crippen LogP contribution in [0.3, 0.4) is 0 Å². The predicted octanol–water partition coefficient (Wildman–Crippen LogP) is 4.68. The highest BCUT2D eigenvalue weighted by molar-refractivity contribution is 5.52. The number of halogens is 1. The van der Waals surface area contributed by atoms with E-state index in [0.29, 0.717) is 5.76 Å². The molecule has 0 radical (unpaired) electrons. The summed E-state index contributed by atoms with van der Waals surface area (Å²) in [6.07, 6.45) is 4.99. The Bertz CT molecular complexity index is 544. The Hall–Kier alpha value is -2.35. The Kier molecular flexibility index (Phi) is 4.94. The van der Waals surface area contributed by atoms with Crippen LogP contribution in [0.15, 0.2) is 72.7 Å². The lowest BCUT2D eigenvalue weighted by molar-refractivity contribution is 0.310. The summed E-state index contributed by atoms with van der Waals surface area (Å²) in [7, 11) is 0. The predicted molar refractivity (Wildman–Crippen MR) is 77.0 cm³/mol. The summed E-state index contributed by atoms with van der Waals surface area (Å²) < 4.78 is 18.1. The van der Waals surface area contributed by atoms with Gasteiger partial charge in [-0.2, -0.15) is 0 Å². The van der Waals surface area contributed by atoms with Crippen LogP contribution in [0, 0.1) is 0 Å². The molecule has 0 spiro atoms. The van der Waals surface area contributed by atoms with Crippen LogP contribution in [-0.2, 0) is 4.74 Å². The minimum atomic E-state index is -0.631. The summed E-state index contributed by atoms with van der Waals surface area (Å²) in [6.45, 7) is -0.631. The standard InChI is InChI=1S/C17H15FO/c18-14-17(13-16-9-5-2-6-10-16)19-12-11-15-7-3-1-4-8-15/h1-13H,14H2/b12-11+,17-13-. The molecule has 0 heterocycles. The first-order chi connectivity index (χ1) is 9.38. The Balaban J connectivity index is 2.00. The maximum atomic E-state index is 12.8. The Labute approximate surface area is 112 Å². The zero-order chi connectivity index (χ0) is 13.3. The van der Waals surface area contributed by atoms with Crippen LogP contribution >= 0.6 is 0 Å². The minimum absolute atomic E-state index is 0.290. The van der Waals surface area contributed by atoms with Crippen molar-refractivity contribution >= 4 is 12.2 Å². The van der Waals surface area contributed by atoms with Crippen molar-refractivity contribution in [2.45, 2.75) is 0 Å². The Morgan fingerprint density at radius 2 is 1.47 bits per heavy atom. The quantitative estimate of drug-likeness (QED) is 0.704. The third kappa shape index (κ3) is 4.43. The first-order valence-electron chi connectivity index (χ1n) is 6.08. The zero-order valence-electron chi connectivity index (χ0n) is 10.5. The molecule has 0 saturated heterocycles. The fourth-order valence-corrected chi connectivity index (χ4v) is 1.60. The fourth-order valence-electron chi connectivity index (χ4n) is 1.60. The lowest BCUT2D eigenvalue weighted by Gasteiger charge is -2.02. The van der Waals surface area contributed by atoms with Crippen LogP contribution in [0.5, 0.6) is 0 Å². The summed E-state index contributed by atoms with van der Waals surface area (Å²) in [6, 6.07) is 19.3. The second-order valence-corrected chi connectivity index (χ2v) is 3.99. The van der Waals surface area contributed by atoms with Crippen molar-refractivity contribution in [2.75, 3.05) is 6.67 Å². The van der Waals surface area contributed by atoms with Gasteiger partial charge in [0.05, 0.1) is 6.26 Å². The van der Waals surface area contributed by atoms with Gasteiger partial charge in [0.1, 0.15) is 12.4 Å². The molecular formula is C17H15FO. The van der Waals surface area contributed by atoms with Crippen LogP contribution in [-0.4, -0.2) is 6.67 Å². The first kappa shape index (κ1) is 13.1. The minimum Gasteiger partial charge on any atom is -0.467 e. The van der Waals surface area contributed by atoms with Gasteiger partial charge in [-0.15, -0.1) is 0 Å². The second-order valence-electron chi connectivity index (χ2n) is 3.99. The van der Waals surface area contributed by atoms with Gasteiger partial charge in [0.2, 0.25) is 0 Å². The first-order valence-corrected chi connectivity index (χ1v) is 6.08. The Morgan fingerprint density at radius 1 is 0.895 bits per heavy atom. The monoisotopic (exact) mass is 254 g/mol. The van der Waals surface area contributed by atoms with E-state index in [2.05, 4.69) is 0 Å². The van der Waals surface area contributed by atoms with Gasteiger partial charge in [0.15, 0.2) is 0 Å². The van der Waals surface area contributed by atoms with E-state index in [1.165, 1.54) is 6.26 Å². The molecule has 0 aliphatic rings. The van der Waals surface area contributed by atoms with Crippen LogP contribution in [0.4, 0.5) is 4.39 Å². The van der Waals surface area contributed by atoms with Crippen molar-refractivity contribution < 1.29 is 9.13 Å². The molecule has 0 fully saturated rings. The molecule has 0 aliphatic carbocycles. The molecule has 1 nitrogen and oxygen atoms in total. The number of benzene rings is 2. The van der Waals surface area contributed by atoms with Crippen molar-refractivity contribution in [3.8, 4) is 0 Å². The lowest BCUT2D eigenvalue weighted by Crippen LogP contribution is -1.88. The lowest BCUT2D eigenvalue weighted by atomic mass is 10.2. The molecule has 0 saturated carbocycles.